The van der Waals surface area contributed by atoms with Crippen molar-refractivity contribution in [2.24, 2.45) is 0 Å². The molecule has 0 N–H and O–H groups in total. The van der Waals surface area contributed by atoms with Crippen molar-refractivity contribution in [1.82, 2.24) is 14.7 Å². The fourth-order valence-electron chi connectivity index (χ4n) is 2.91. The topological polar surface area (TPSA) is 26.8 Å². The van der Waals surface area contributed by atoms with Gasteiger partial charge in [-0.3, -0.25) is 9.69 Å². The SMILES string of the molecule is CCCN1CCC(N2CCN(C)C(=O)C2)CC1. The van der Waals surface area contributed by atoms with Crippen LogP contribution in [-0.4, -0.2) is 73.0 Å². The van der Waals surface area contributed by atoms with Gasteiger partial charge in [0.1, 0.15) is 0 Å². The number of amides is 1. The van der Waals surface area contributed by atoms with Gasteiger partial charge < -0.3 is 9.80 Å². The largest absolute Gasteiger partial charge is 0.343 e. The highest BCUT2D eigenvalue weighted by atomic mass is 16.2. The van der Waals surface area contributed by atoms with Gasteiger partial charge in [-0.25, -0.2) is 0 Å². The minimum Gasteiger partial charge on any atom is -0.343 e. The van der Waals surface area contributed by atoms with Crippen molar-refractivity contribution in [1.29, 1.82) is 0 Å². The minimum atomic E-state index is 0.284. The second kappa shape index (κ2) is 5.83. The van der Waals surface area contributed by atoms with Gasteiger partial charge in [-0.1, -0.05) is 6.92 Å². The average molecular weight is 239 g/mol. The van der Waals surface area contributed by atoms with E-state index in [0.29, 0.717) is 12.6 Å². The van der Waals surface area contributed by atoms with Gasteiger partial charge in [0, 0.05) is 26.2 Å². The van der Waals surface area contributed by atoms with Gasteiger partial charge in [0.15, 0.2) is 0 Å². The third-order valence-corrected chi connectivity index (χ3v) is 4.10. The van der Waals surface area contributed by atoms with Crippen LogP contribution in [0.3, 0.4) is 0 Å². The summed E-state index contributed by atoms with van der Waals surface area (Å²) >= 11 is 0. The van der Waals surface area contributed by atoms with Gasteiger partial charge in [0.25, 0.3) is 0 Å². The molecule has 4 heteroatoms. The predicted molar refractivity (Wildman–Crippen MR) is 69.0 cm³/mol. The summed E-state index contributed by atoms with van der Waals surface area (Å²) in [5, 5.41) is 0. The summed E-state index contributed by atoms with van der Waals surface area (Å²) in [4.78, 5) is 18.5. The average Bonchev–Trinajstić information content (AvgIpc) is 2.34. The standard InChI is InChI=1S/C13H25N3O/c1-3-6-15-7-4-12(5-8-15)16-10-9-14(2)13(17)11-16/h12H,3-11H2,1-2H3. The lowest BCUT2D eigenvalue weighted by molar-refractivity contribution is -0.135. The van der Waals surface area contributed by atoms with Gasteiger partial charge in [0.05, 0.1) is 6.54 Å². The Kier molecular flexibility index (Phi) is 4.40. The van der Waals surface area contributed by atoms with E-state index < -0.39 is 0 Å². The molecule has 0 aromatic rings. The molecule has 0 aromatic carbocycles. The van der Waals surface area contributed by atoms with Crippen LogP contribution in [0.2, 0.25) is 0 Å². The molecule has 0 bridgehead atoms. The lowest BCUT2D eigenvalue weighted by Crippen LogP contribution is -2.54. The van der Waals surface area contributed by atoms with Crippen molar-refractivity contribution in [3.05, 3.63) is 0 Å². The van der Waals surface area contributed by atoms with E-state index in [0.717, 1.165) is 13.1 Å². The van der Waals surface area contributed by atoms with E-state index in [4.69, 9.17) is 0 Å². The number of hydrogen-bond acceptors (Lipinski definition) is 3. The third-order valence-electron chi connectivity index (χ3n) is 4.10. The Balaban J connectivity index is 1.79. The molecule has 4 nitrogen and oxygen atoms in total. The monoisotopic (exact) mass is 239 g/mol. The van der Waals surface area contributed by atoms with Crippen molar-refractivity contribution >= 4 is 5.91 Å². The van der Waals surface area contributed by atoms with Crippen LogP contribution in [0.5, 0.6) is 0 Å². The molecule has 0 aromatic heterocycles. The number of carbonyl (C=O) groups excluding carboxylic acids is 1. The number of piperazine rings is 1. The Morgan fingerprint density at radius 1 is 1.18 bits per heavy atom. The van der Waals surface area contributed by atoms with Crippen molar-refractivity contribution < 1.29 is 4.79 Å². The van der Waals surface area contributed by atoms with Crippen molar-refractivity contribution in [2.75, 3.05) is 46.3 Å². The zero-order chi connectivity index (χ0) is 12.3. The molecule has 98 valence electrons. The number of likely N-dealkylation sites (N-methyl/N-ethyl adjacent to an activating group) is 1. The molecular weight excluding hydrogens is 214 g/mol. The van der Waals surface area contributed by atoms with Crippen molar-refractivity contribution in [2.45, 2.75) is 32.2 Å². The quantitative estimate of drug-likeness (QED) is 0.723. The van der Waals surface area contributed by atoms with E-state index in [1.165, 1.54) is 38.9 Å². The zero-order valence-corrected chi connectivity index (χ0v) is 11.2. The summed E-state index contributed by atoms with van der Waals surface area (Å²) in [6.07, 6.45) is 3.71. The Hall–Kier alpha value is -0.610. The molecule has 0 spiro atoms. The lowest BCUT2D eigenvalue weighted by atomic mass is 10.0. The molecule has 2 heterocycles. The molecule has 1 amide bonds. The Bertz CT molecular complexity index is 261. The summed E-state index contributed by atoms with van der Waals surface area (Å²) in [5.74, 6) is 0.284. The molecule has 2 rings (SSSR count). The highest BCUT2D eigenvalue weighted by Crippen LogP contribution is 2.18. The van der Waals surface area contributed by atoms with Crippen LogP contribution in [-0.2, 0) is 4.79 Å². The number of piperidine rings is 1. The number of rotatable bonds is 3. The number of likely N-dealkylation sites (tertiary alicyclic amines) is 1. The van der Waals surface area contributed by atoms with E-state index in [-0.39, 0.29) is 5.91 Å². The van der Waals surface area contributed by atoms with Gasteiger partial charge >= 0.3 is 0 Å². The molecule has 0 atom stereocenters. The van der Waals surface area contributed by atoms with E-state index in [9.17, 15) is 4.79 Å². The van der Waals surface area contributed by atoms with Crippen LogP contribution < -0.4 is 0 Å². The fourth-order valence-corrected chi connectivity index (χ4v) is 2.91. The van der Waals surface area contributed by atoms with Gasteiger partial charge in [-0.15, -0.1) is 0 Å². The first-order valence-electron chi connectivity index (χ1n) is 6.91. The first-order valence-corrected chi connectivity index (χ1v) is 6.91. The van der Waals surface area contributed by atoms with Gasteiger partial charge in [0.2, 0.25) is 5.91 Å². The molecule has 17 heavy (non-hydrogen) atoms. The van der Waals surface area contributed by atoms with Crippen LogP contribution >= 0.6 is 0 Å². The van der Waals surface area contributed by atoms with Gasteiger partial charge in [-0.05, 0) is 38.9 Å². The number of carbonyl (C=O) groups is 1. The molecule has 2 aliphatic heterocycles. The molecule has 0 saturated carbocycles. The molecular formula is C13H25N3O. The summed E-state index contributed by atoms with van der Waals surface area (Å²) in [6.45, 7) is 8.47. The summed E-state index contributed by atoms with van der Waals surface area (Å²) in [7, 11) is 1.91. The number of hydrogen-bond donors (Lipinski definition) is 0. The maximum Gasteiger partial charge on any atom is 0.236 e. The highest BCUT2D eigenvalue weighted by molar-refractivity contribution is 5.78. The smallest absolute Gasteiger partial charge is 0.236 e. The normalized spacial score (nSPS) is 25.5. The molecule has 2 fully saturated rings. The van der Waals surface area contributed by atoms with E-state index in [1.54, 1.807) is 0 Å². The first kappa shape index (κ1) is 12.8. The summed E-state index contributed by atoms with van der Waals surface area (Å²) in [6, 6.07) is 0.640. The van der Waals surface area contributed by atoms with E-state index >= 15 is 0 Å². The second-order valence-corrected chi connectivity index (χ2v) is 5.36. The second-order valence-electron chi connectivity index (χ2n) is 5.36. The van der Waals surface area contributed by atoms with Crippen molar-refractivity contribution in [3.63, 3.8) is 0 Å². The Labute approximate surface area is 105 Å². The first-order chi connectivity index (χ1) is 8.20. The lowest BCUT2D eigenvalue weighted by Gasteiger charge is -2.41. The van der Waals surface area contributed by atoms with Crippen LogP contribution in [0.4, 0.5) is 0 Å². The molecule has 0 unspecified atom stereocenters. The molecule has 2 aliphatic rings. The van der Waals surface area contributed by atoms with Crippen LogP contribution in [0, 0.1) is 0 Å². The Morgan fingerprint density at radius 3 is 2.47 bits per heavy atom. The summed E-state index contributed by atoms with van der Waals surface area (Å²) < 4.78 is 0. The fraction of sp³-hybridized carbons (Fsp3) is 0.923. The molecule has 0 radical (unpaired) electrons. The van der Waals surface area contributed by atoms with E-state index in [2.05, 4.69) is 16.7 Å². The maximum atomic E-state index is 11.7. The van der Waals surface area contributed by atoms with Crippen LogP contribution in [0.15, 0.2) is 0 Å². The van der Waals surface area contributed by atoms with Crippen LogP contribution in [0.25, 0.3) is 0 Å². The molecule has 2 saturated heterocycles. The zero-order valence-electron chi connectivity index (χ0n) is 11.2. The number of nitrogens with zero attached hydrogens (tertiary/aromatic N) is 3. The highest BCUT2D eigenvalue weighted by Gasteiger charge is 2.29. The van der Waals surface area contributed by atoms with Crippen molar-refractivity contribution in [3.8, 4) is 0 Å². The van der Waals surface area contributed by atoms with Gasteiger partial charge in [-0.2, -0.15) is 0 Å². The Morgan fingerprint density at radius 2 is 1.88 bits per heavy atom. The summed E-state index contributed by atoms with van der Waals surface area (Å²) in [5.41, 5.74) is 0. The molecule has 0 aliphatic carbocycles. The maximum absolute atomic E-state index is 11.7. The van der Waals surface area contributed by atoms with Crippen LogP contribution in [0.1, 0.15) is 26.2 Å². The minimum absolute atomic E-state index is 0.284. The third kappa shape index (κ3) is 3.19. The predicted octanol–water partition coefficient (Wildman–Crippen LogP) is 0.635. The van der Waals surface area contributed by atoms with E-state index in [1.807, 2.05) is 11.9 Å².